The summed E-state index contributed by atoms with van der Waals surface area (Å²) in [6, 6.07) is 9.20. The number of nitrogens with zero attached hydrogens (tertiary/aromatic N) is 2. The van der Waals surface area contributed by atoms with Crippen LogP contribution in [0.4, 0.5) is 8.78 Å². The van der Waals surface area contributed by atoms with Gasteiger partial charge < -0.3 is 4.57 Å². The minimum atomic E-state index is -0.546. The van der Waals surface area contributed by atoms with E-state index in [1.165, 1.54) is 12.1 Å². The van der Waals surface area contributed by atoms with Crippen LogP contribution in [0, 0.1) is 17.6 Å². The van der Waals surface area contributed by atoms with Gasteiger partial charge in [0.25, 0.3) is 5.56 Å². The van der Waals surface area contributed by atoms with Gasteiger partial charge in [-0.05, 0) is 24.5 Å². The highest BCUT2D eigenvalue weighted by Crippen LogP contribution is 2.35. The summed E-state index contributed by atoms with van der Waals surface area (Å²) in [5.41, 5.74) is 1.67. The molecular weight excluding hydrogens is 298 g/mol. The van der Waals surface area contributed by atoms with Crippen molar-refractivity contribution in [3.63, 3.8) is 0 Å². The van der Waals surface area contributed by atoms with E-state index >= 15 is 0 Å². The van der Waals surface area contributed by atoms with Gasteiger partial charge in [0, 0.05) is 55.5 Å². The number of aromatic nitrogens is 1. The molecule has 2 atom stereocenters. The molecule has 0 saturated carbocycles. The van der Waals surface area contributed by atoms with E-state index in [4.69, 9.17) is 0 Å². The van der Waals surface area contributed by atoms with E-state index in [0.717, 1.165) is 37.8 Å². The second-order valence-corrected chi connectivity index (χ2v) is 6.63. The molecule has 23 heavy (non-hydrogen) atoms. The Morgan fingerprint density at radius 1 is 1.09 bits per heavy atom. The number of rotatable bonds is 2. The molecule has 1 fully saturated rings. The Morgan fingerprint density at radius 2 is 1.96 bits per heavy atom. The fourth-order valence-electron chi connectivity index (χ4n) is 4.02. The Kier molecular flexibility index (Phi) is 3.53. The topological polar surface area (TPSA) is 25.2 Å². The van der Waals surface area contributed by atoms with Crippen LogP contribution < -0.4 is 5.56 Å². The maximum atomic E-state index is 13.9. The molecule has 2 aliphatic rings. The van der Waals surface area contributed by atoms with Crippen molar-refractivity contribution >= 4 is 0 Å². The third-order valence-corrected chi connectivity index (χ3v) is 4.96. The van der Waals surface area contributed by atoms with Gasteiger partial charge in [0.2, 0.25) is 0 Å². The summed E-state index contributed by atoms with van der Waals surface area (Å²) in [4.78, 5) is 14.2. The third-order valence-electron chi connectivity index (χ3n) is 4.96. The lowest BCUT2D eigenvalue weighted by Crippen LogP contribution is -2.46. The van der Waals surface area contributed by atoms with E-state index in [2.05, 4.69) is 4.90 Å². The first-order valence-electron chi connectivity index (χ1n) is 7.96. The molecule has 1 aromatic heterocycles. The fraction of sp³-hybridized carbons (Fsp3) is 0.389. The summed E-state index contributed by atoms with van der Waals surface area (Å²) in [5, 5.41) is 0. The van der Waals surface area contributed by atoms with Crippen LogP contribution in [0.5, 0.6) is 0 Å². The Hall–Kier alpha value is -2.01. The molecular formula is C18H18F2N2O. The molecule has 2 aromatic rings. The second-order valence-electron chi connectivity index (χ2n) is 6.63. The van der Waals surface area contributed by atoms with Crippen molar-refractivity contribution in [3.8, 4) is 0 Å². The highest BCUT2D eigenvalue weighted by molar-refractivity contribution is 5.20. The van der Waals surface area contributed by atoms with Crippen LogP contribution >= 0.6 is 0 Å². The molecule has 2 aliphatic heterocycles. The molecule has 4 rings (SSSR count). The fourth-order valence-corrected chi connectivity index (χ4v) is 4.02. The summed E-state index contributed by atoms with van der Waals surface area (Å²) in [5.74, 6) is -0.322. The van der Waals surface area contributed by atoms with Crippen LogP contribution in [0.15, 0.2) is 41.2 Å². The zero-order valence-corrected chi connectivity index (χ0v) is 12.7. The maximum Gasteiger partial charge on any atom is 0.250 e. The smallest absolute Gasteiger partial charge is 0.250 e. The quantitative estimate of drug-likeness (QED) is 0.851. The van der Waals surface area contributed by atoms with Crippen molar-refractivity contribution in [1.82, 2.24) is 9.47 Å². The normalized spacial score (nSPS) is 23.6. The molecule has 5 heteroatoms. The first kappa shape index (κ1) is 14.6. The Labute approximate surface area is 133 Å². The van der Waals surface area contributed by atoms with E-state index in [-0.39, 0.29) is 5.56 Å². The first-order valence-corrected chi connectivity index (χ1v) is 7.96. The summed E-state index contributed by atoms with van der Waals surface area (Å²) in [6.07, 6.45) is 1.08. The lowest BCUT2D eigenvalue weighted by Gasteiger charge is -2.42. The number of hydrogen-bond donors (Lipinski definition) is 0. The molecule has 0 amide bonds. The van der Waals surface area contributed by atoms with Gasteiger partial charge in [0.1, 0.15) is 11.6 Å². The third kappa shape index (κ3) is 2.70. The largest absolute Gasteiger partial charge is 0.312 e. The summed E-state index contributed by atoms with van der Waals surface area (Å²) in [7, 11) is 0. The lowest BCUT2D eigenvalue weighted by molar-refractivity contribution is 0.113. The van der Waals surface area contributed by atoms with Crippen molar-refractivity contribution in [2.75, 3.05) is 13.1 Å². The van der Waals surface area contributed by atoms with E-state index < -0.39 is 11.6 Å². The SMILES string of the molecule is O=c1cccc2n1CC1CC2CN(Cc2ccc(F)cc2F)C1. The number of benzene rings is 1. The molecule has 0 N–H and O–H groups in total. The summed E-state index contributed by atoms with van der Waals surface area (Å²) in [6.45, 7) is 2.86. The zero-order chi connectivity index (χ0) is 16.0. The van der Waals surface area contributed by atoms with E-state index in [0.29, 0.717) is 23.9 Å². The number of hydrogen-bond acceptors (Lipinski definition) is 2. The van der Waals surface area contributed by atoms with Crippen molar-refractivity contribution in [1.29, 1.82) is 0 Å². The van der Waals surface area contributed by atoms with Crippen LogP contribution in [-0.4, -0.2) is 22.6 Å². The van der Waals surface area contributed by atoms with Gasteiger partial charge in [-0.3, -0.25) is 9.69 Å². The van der Waals surface area contributed by atoms with Crippen molar-refractivity contribution < 1.29 is 8.78 Å². The van der Waals surface area contributed by atoms with Crippen LogP contribution in [0.25, 0.3) is 0 Å². The highest BCUT2D eigenvalue weighted by Gasteiger charge is 2.34. The summed E-state index contributed by atoms with van der Waals surface area (Å²) >= 11 is 0. The molecule has 0 radical (unpaired) electrons. The second kappa shape index (κ2) is 5.57. The Morgan fingerprint density at radius 3 is 2.78 bits per heavy atom. The minimum Gasteiger partial charge on any atom is -0.312 e. The van der Waals surface area contributed by atoms with E-state index in [9.17, 15) is 13.6 Å². The molecule has 3 heterocycles. The van der Waals surface area contributed by atoms with Crippen LogP contribution in [0.3, 0.4) is 0 Å². The van der Waals surface area contributed by atoms with E-state index in [1.54, 1.807) is 6.07 Å². The van der Waals surface area contributed by atoms with Crippen LogP contribution in [0.1, 0.15) is 23.6 Å². The molecule has 1 saturated heterocycles. The van der Waals surface area contributed by atoms with Crippen LogP contribution in [0.2, 0.25) is 0 Å². The number of piperidine rings is 1. The first-order chi connectivity index (χ1) is 11.1. The van der Waals surface area contributed by atoms with Crippen molar-refractivity contribution in [2.45, 2.75) is 25.4 Å². The number of likely N-dealkylation sites (tertiary alicyclic amines) is 1. The molecule has 2 unspecified atom stereocenters. The maximum absolute atomic E-state index is 13.9. The zero-order valence-electron chi connectivity index (χ0n) is 12.7. The van der Waals surface area contributed by atoms with Gasteiger partial charge in [0.05, 0.1) is 0 Å². The molecule has 1 aromatic carbocycles. The Bertz CT molecular complexity index is 802. The predicted octanol–water partition coefficient (Wildman–Crippen LogP) is 2.75. The Balaban J connectivity index is 1.57. The monoisotopic (exact) mass is 316 g/mol. The van der Waals surface area contributed by atoms with Gasteiger partial charge >= 0.3 is 0 Å². The van der Waals surface area contributed by atoms with Crippen LogP contribution in [-0.2, 0) is 13.1 Å². The molecule has 120 valence electrons. The predicted molar refractivity (Wildman–Crippen MR) is 83.2 cm³/mol. The van der Waals surface area contributed by atoms with Gasteiger partial charge in [-0.1, -0.05) is 12.1 Å². The van der Waals surface area contributed by atoms with Gasteiger partial charge in [-0.2, -0.15) is 0 Å². The lowest BCUT2D eigenvalue weighted by atomic mass is 9.83. The number of fused-ring (bicyclic) bond motifs is 4. The molecule has 2 bridgehead atoms. The highest BCUT2D eigenvalue weighted by atomic mass is 19.1. The van der Waals surface area contributed by atoms with Crippen molar-refractivity contribution in [2.24, 2.45) is 5.92 Å². The number of halogens is 2. The molecule has 0 spiro atoms. The van der Waals surface area contributed by atoms with Gasteiger partial charge in [-0.15, -0.1) is 0 Å². The van der Waals surface area contributed by atoms with Crippen molar-refractivity contribution in [3.05, 3.63) is 69.6 Å². The average molecular weight is 316 g/mol. The number of pyridine rings is 1. The standard InChI is InChI=1S/C18H18F2N2O/c19-15-5-4-13(16(20)7-15)10-21-8-12-6-14(11-21)17-2-1-3-18(23)22(17)9-12/h1-5,7,12,14H,6,8-11H2. The minimum absolute atomic E-state index is 0.0650. The molecule has 3 nitrogen and oxygen atoms in total. The van der Waals surface area contributed by atoms with Gasteiger partial charge in [0.15, 0.2) is 0 Å². The molecule has 0 aliphatic carbocycles. The van der Waals surface area contributed by atoms with E-state index in [1.807, 2.05) is 16.7 Å². The average Bonchev–Trinajstić information content (AvgIpc) is 2.51. The summed E-state index contributed by atoms with van der Waals surface area (Å²) < 4.78 is 28.8. The van der Waals surface area contributed by atoms with Gasteiger partial charge in [-0.25, -0.2) is 8.78 Å².